The molecule has 1 aromatic rings. The number of amides is 1. The number of furan rings is 1. The molecule has 1 unspecified atom stereocenters. The van der Waals surface area contributed by atoms with E-state index < -0.39 is 6.04 Å². The Hall–Kier alpha value is -1.76. The van der Waals surface area contributed by atoms with Crippen LogP contribution in [0.5, 0.6) is 0 Å². The topological polar surface area (TPSA) is 66.0 Å². The van der Waals surface area contributed by atoms with Crippen molar-refractivity contribution in [3.63, 3.8) is 0 Å². The van der Waals surface area contributed by atoms with E-state index in [-0.39, 0.29) is 5.91 Å². The maximum Gasteiger partial charge on any atom is 0.256 e. The number of hydrogen-bond acceptors (Lipinski definition) is 3. The normalized spacial score (nSPS) is 11.9. The van der Waals surface area contributed by atoms with Gasteiger partial charge in [0.1, 0.15) is 17.6 Å². The number of hydrogen-bond donors (Lipinski definition) is 1. The van der Waals surface area contributed by atoms with Crippen LogP contribution in [-0.2, 0) is 0 Å². The van der Waals surface area contributed by atoms with E-state index in [1.807, 2.05) is 26.8 Å². The summed E-state index contributed by atoms with van der Waals surface area (Å²) in [6.45, 7) is 7.27. The van der Waals surface area contributed by atoms with Gasteiger partial charge in [-0.1, -0.05) is 6.92 Å². The van der Waals surface area contributed by atoms with E-state index >= 15 is 0 Å². The molecule has 0 aliphatic heterocycles. The van der Waals surface area contributed by atoms with Crippen molar-refractivity contribution < 1.29 is 9.21 Å². The summed E-state index contributed by atoms with van der Waals surface area (Å²) in [7, 11) is 0. The molecule has 0 aromatic carbocycles. The monoisotopic (exact) mass is 220 g/mol. The number of rotatable bonds is 3. The predicted molar refractivity (Wildman–Crippen MR) is 60.1 cm³/mol. The molecule has 0 bridgehead atoms. The van der Waals surface area contributed by atoms with Crippen molar-refractivity contribution >= 4 is 5.91 Å². The van der Waals surface area contributed by atoms with Crippen LogP contribution in [0.2, 0.25) is 0 Å². The summed E-state index contributed by atoms with van der Waals surface area (Å²) in [6, 6.07) is 1.59. The molecule has 1 N–H and O–H groups in total. The van der Waals surface area contributed by atoms with E-state index in [2.05, 4.69) is 5.32 Å². The molecule has 4 nitrogen and oxygen atoms in total. The van der Waals surface area contributed by atoms with Crippen LogP contribution in [0.1, 0.15) is 40.8 Å². The van der Waals surface area contributed by atoms with Crippen molar-refractivity contribution in [2.24, 2.45) is 0 Å². The second kappa shape index (κ2) is 4.84. The zero-order chi connectivity index (χ0) is 12.3. The quantitative estimate of drug-likeness (QED) is 0.849. The molecule has 0 aliphatic rings. The Morgan fingerprint density at radius 2 is 2.06 bits per heavy atom. The van der Waals surface area contributed by atoms with Gasteiger partial charge in [-0.25, -0.2) is 0 Å². The fourth-order valence-corrected chi connectivity index (χ4v) is 1.58. The number of carbonyl (C=O) groups excluding carboxylic acids is 1. The fraction of sp³-hybridized carbons (Fsp3) is 0.500. The molecule has 1 heterocycles. The van der Waals surface area contributed by atoms with Crippen LogP contribution in [0.25, 0.3) is 0 Å². The molecule has 0 radical (unpaired) electrons. The Kier molecular flexibility index (Phi) is 3.73. The third-order valence-electron chi connectivity index (χ3n) is 2.66. The highest BCUT2D eigenvalue weighted by atomic mass is 16.3. The number of nitrogens with one attached hydrogen (secondary N) is 1. The molecule has 16 heavy (non-hydrogen) atoms. The van der Waals surface area contributed by atoms with Crippen molar-refractivity contribution in [3.8, 4) is 6.07 Å². The van der Waals surface area contributed by atoms with Crippen molar-refractivity contribution in [1.82, 2.24) is 5.32 Å². The first kappa shape index (κ1) is 12.3. The molecule has 0 fully saturated rings. The van der Waals surface area contributed by atoms with Crippen LogP contribution < -0.4 is 5.32 Å². The lowest BCUT2D eigenvalue weighted by Crippen LogP contribution is -2.33. The molecular weight excluding hydrogens is 204 g/mol. The van der Waals surface area contributed by atoms with Crippen LogP contribution in [0.4, 0.5) is 0 Å². The van der Waals surface area contributed by atoms with Gasteiger partial charge in [0.2, 0.25) is 0 Å². The average Bonchev–Trinajstić information content (AvgIpc) is 2.49. The molecular formula is C12H16N2O2. The molecule has 0 spiro atoms. The SMILES string of the molecule is CCC(C#N)NC(=O)c1c(C)oc(C)c1C. The Labute approximate surface area is 95.2 Å². The van der Waals surface area contributed by atoms with Crippen LogP contribution in [0, 0.1) is 32.1 Å². The minimum Gasteiger partial charge on any atom is -0.466 e. The van der Waals surface area contributed by atoms with Gasteiger partial charge in [0, 0.05) is 5.56 Å². The summed E-state index contributed by atoms with van der Waals surface area (Å²) < 4.78 is 5.37. The van der Waals surface area contributed by atoms with Crippen molar-refractivity contribution in [1.29, 1.82) is 5.26 Å². The summed E-state index contributed by atoms with van der Waals surface area (Å²) in [4.78, 5) is 11.9. The van der Waals surface area contributed by atoms with Gasteiger partial charge in [-0.2, -0.15) is 5.26 Å². The van der Waals surface area contributed by atoms with E-state index in [1.165, 1.54) is 0 Å². The zero-order valence-electron chi connectivity index (χ0n) is 10.0. The second-order valence-electron chi connectivity index (χ2n) is 3.78. The lowest BCUT2D eigenvalue weighted by molar-refractivity contribution is 0.0942. The summed E-state index contributed by atoms with van der Waals surface area (Å²) >= 11 is 0. The number of nitriles is 1. The van der Waals surface area contributed by atoms with E-state index in [0.29, 0.717) is 17.7 Å². The summed E-state index contributed by atoms with van der Waals surface area (Å²) in [5.74, 6) is 1.10. The highest BCUT2D eigenvalue weighted by Crippen LogP contribution is 2.20. The van der Waals surface area contributed by atoms with Gasteiger partial charge in [0.15, 0.2) is 0 Å². The van der Waals surface area contributed by atoms with E-state index in [1.54, 1.807) is 6.92 Å². The van der Waals surface area contributed by atoms with Crippen molar-refractivity contribution in [3.05, 3.63) is 22.6 Å². The third kappa shape index (κ3) is 2.25. The molecule has 4 heteroatoms. The van der Waals surface area contributed by atoms with Gasteiger partial charge in [-0.15, -0.1) is 0 Å². The van der Waals surface area contributed by atoms with Gasteiger partial charge in [-0.05, 0) is 27.2 Å². The molecule has 1 atom stereocenters. The molecule has 0 saturated carbocycles. The van der Waals surface area contributed by atoms with Crippen LogP contribution in [0.15, 0.2) is 4.42 Å². The summed E-state index contributed by atoms with van der Waals surface area (Å²) in [6.07, 6.45) is 0.594. The third-order valence-corrected chi connectivity index (χ3v) is 2.66. The van der Waals surface area contributed by atoms with Crippen molar-refractivity contribution in [2.45, 2.75) is 40.2 Å². The fourth-order valence-electron chi connectivity index (χ4n) is 1.58. The molecule has 1 rings (SSSR count). The smallest absolute Gasteiger partial charge is 0.256 e. The Morgan fingerprint density at radius 1 is 1.44 bits per heavy atom. The molecule has 0 aliphatic carbocycles. The minimum absolute atomic E-state index is 0.236. The molecule has 86 valence electrons. The van der Waals surface area contributed by atoms with Gasteiger partial charge in [-0.3, -0.25) is 4.79 Å². The van der Waals surface area contributed by atoms with Crippen LogP contribution >= 0.6 is 0 Å². The Balaban J connectivity index is 2.94. The highest BCUT2D eigenvalue weighted by Gasteiger charge is 2.20. The second-order valence-corrected chi connectivity index (χ2v) is 3.78. The maximum atomic E-state index is 11.9. The first-order valence-corrected chi connectivity index (χ1v) is 5.28. The standard InChI is InChI=1S/C12H16N2O2/c1-5-10(6-13)14-12(15)11-7(2)8(3)16-9(11)4/h10H,5H2,1-4H3,(H,14,15). The van der Waals surface area contributed by atoms with E-state index in [4.69, 9.17) is 9.68 Å². The van der Waals surface area contributed by atoms with E-state index in [9.17, 15) is 4.79 Å². The first-order valence-electron chi connectivity index (χ1n) is 5.28. The molecule has 0 saturated heterocycles. The van der Waals surface area contributed by atoms with Gasteiger partial charge in [0.25, 0.3) is 5.91 Å². The van der Waals surface area contributed by atoms with Gasteiger partial charge < -0.3 is 9.73 Å². The number of nitrogens with zero attached hydrogens (tertiary/aromatic N) is 1. The minimum atomic E-state index is -0.443. The summed E-state index contributed by atoms with van der Waals surface area (Å²) in [5, 5.41) is 11.4. The highest BCUT2D eigenvalue weighted by molar-refractivity contribution is 5.97. The van der Waals surface area contributed by atoms with Gasteiger partial charge >= 0.3 is 0 Å². The molecule has 1 aromatic heterocycles. The lowest BCUT2D eigenvalue weighted by atomic mass is 10.1. The number of carbonyl (C=O) groups is 1. The predicted octanol–water partition coefficient (Wildman–Crippen LogP) is 2.24. The average molecular weight is 220 g/mol. The zero-order valence-corrected chi connectivity index (χ0v) is 10.0. The van der Waals surface area contributed by atoms with Crippen LogP contribution in [0.3, 0.4) is 0 Å². The van der Waals surface area contributed by atoms with Gasteiger partial charge in [0.05, 0.1) is 11.6 Å². The Bertz CT molecular complexity index is 441. The molecule has 1 amide bonds. The first-order chi connectivity index (χ1) is 7.51. The Morgan fingerprint density at radius 3 is 2.44 bits per heavy atom. The van der Waals surface area contributed by atoms with E-state index in [0.717, 1.165) is 11.3 Å². The maximum absolute atomic E-state index is 11.9. The van der Waals surface area contributed by atoms with Crippen molar-refractivity contribution in [2.75, 3.05) is 0 Å². The van der Waals surface area contributed by atoms with Crippen LogP contribution in [-0.4, -0.2) is 11.9 Å². The summed E-state index contributed by atoms with van der Waals surface area (Å²) in [5.41, 5.74) is 1.38. The lowest BCUT2D eigenvalue weighted by Gasteiger charge is -2.08. The number of aryl methyl sites for hydroxylation is 2. The largest absolute Gasteiger partial charge is 0.466 e.